The van der Waals surface area contributed by atoms with E-state index in [-0.39, 0.29) is 10.8 Å². The molecule has 0 aromatic rings. The first-order chi connectivity index (χ1) is 3.72. The number of halogens is 2. The van der Waals surface area contributed by atoms with Crippen LogP contribution < -0.4 is 0 Å². The van der Waals surface area contributed by atoms with Crippen molar-refractivity contribution in [1.82, 2.24) is 0 Å². The van der Waals surface area contributed by atoms with E-state index in [0.717, 1.165) is 6.42 Å². The number of rotatable bonds is 0. The molecule has 0 spiro atoms. The molecule has 0 radical (unpaired) electrons. The van der Waals surface area contributed by atoms with E-state index >= 15 is 0 Å². The minimum absolute atomic E-state index is 0.219. The van der Waals surface area contributed by atoms with Gasteiger partial charge in [0.05, 0.1) is 0 Å². The van der Waals surface area contributed by atoms with Gasteiger partial charge in [-0.1, -0.05) is 12.2 Å². The zero-order chi connectivity index (χ0) is 6.15. The van der Waals surface area contributed by atoms with Gasteiger partial charge in [-0.3, -0.25) is 0 Å². The lowest BCUT2D eigenvalue weighted by Gasteiger charge is -2.07. The van der Waals surface area contributed by atoms with Crippen LogP contribution in [0.25, 0.3) is 0 Å². The highest BCUT2D eigenvalue weighted by Crippen LogP contribution is 2.35. The van der Waals surface area contributed by atoms with Gasteiger partial charge in [0.2, 0.25) is 0 Å². The van der Waals surface area contributed by atoms with E-state index in [9.17, 15) is 0 Å². The van der Waals surface area contributed by atoms with Gasteiger partial charge < -0.3 is 0 Å². The van der Waals surface area contributed by atoms with Crippen LogP contribution in [-0.4, -0.2) is 18.6 Å². The quantitative estimate of drug-likeness (QED) is 0.362. The Morgan fingerprint density at radius 1 is 1.25 bits per heavy atom. The van der Waals surface area contributed by atoms with Gasteiger partial charge in [0, 0.05) is 10.8 Å². The summed E-state index contributed by atoms with van der Waals surface area (Å²) in [5.74, 6) is 0.624. The summed E-state index contributed by atoms with van der Waals surface area (Å²) in [6, 6.07) is 0. The van der Waals surface area contributed by atoms with Crippen LogP contribution in [0.15, 0.2) is 0 Å². The van der Waals surface area contributed by atoms with E-state index in [4.69, 9.17) is 23.2 Å². The maximum absolute atomic E-state index is 5.88. The molecule has 1 aliphatic carbocycles. The molecule has 0 N–H and O–H groups in total. The van der Waals surface area contributed by atoms with Crippen LogP contribution in [0, 0.1) is 0 Å². The molecule has 0 nitrogen and oxygen atoms in total. The molecule has 3 unspecified atom stereocenters. The molecule has 1 fully saturated rings. The van der Waals surface area contributed by atoms with Gasteiger partial charge in [0.25, 0.3) is 0 Å². The van der Waals surface area contributed by atoms with Crippen molar-refractivity contribution in [2.24, 2.45) is 0 Å². The minimum atomic E-state index is 0.219. The molecular formula is C5H9BCl2. The largest absolute Gasteiger partial charge is 0.122 e. The van der Waals surface area contributed by atoms with Crippen LogP contribution in [0.2, 0.25) is 5.82 Å². The molecule has 0 bridgehead atoms. The Balaban J connectivity index is 2.44. The van der Waals surface area contributed by atoms with Crippen molar-refractivity contribution in [1.29, 1.82) is 0 Å². The molecule has 8 heavy (non-hydrogen) atoms. The van der Waals surface area contributed by atoms with Gasteiger partial charge in [-0.2, -0.15) is 0 Å². The van der Waals surface area contributed by atoms with Crippen LogP contribution in [0.3, 0.4) is 0 Å². The van der Waals surface area contributed by atoms with Gasteiger partial charge in [-0.25, -0.2) is 0 Å². The van der Waals surface area contributed by atoms with Gasteiger partial charge in [0.1, 0.15) is 7.85 Å². The monoisotopic (exact) mass is 150 g/mol. The van der Waals surface area contributed by atoms with E-state index in [1.165, 1.54) is 6.42 Å². The van der Waals surface area contributed by atoms with E-state index < -0.39 is 0 Å². The lowest BCUT2D eigenvalue weighted by atomic mass is 9.86. The summed E-state index contributed by atoms with van der Waals surface area (Å²) in [5, 5.41) is 0.448. The van der Waals surface area contributed by atoms with Gasteiger partial charge in [-0.05, 0) is 6.42 Å². The fraction of sp³-hybridized carbons (Fsp3) is 1.00. The normalized spacial score (nSPS) is 47.5. The number of alkyl halides is 2. The molecule has 0 aliphatic heterocycles. The van der Waals surface area contributed by atoms with Crippen molar-refractivity contribution in [2.75, 3.05) is 0 Å². The molecule has 1 aliphatic rings. The van der Waals surface area contributed by atoms with Crippen molar-refractivity contribution in [2.45, 2.75) is 29.4 Å². The average Bonchev–Trinajstić information content (AvgIpc) is 1.98. The standard InChI is InChI=1S/C5H9BCl2/c6-3-1-2-4(7)5(3)8/h3-5H,1-2,6H2. The SMILES string of the molecule is BC1CCC(Cl)C1Cl. The molecule has 0 aromatic carbocycles. The van der Waals surface area contributed by atoms with Gasteiger partial charge in [0.15, 0.2) is 0 Å². The predicted molar refractivity (Wildman–Crippen MR) is 40.8 cm³/mol. The van der Waals surface area contributed by atoms with Gasteiger partial charge >= 0.3 is 0 Å². The Morgan fingerprint density at radius 3 is 2.00 bits per heavy atom. The van der Waals surface area contributed by atoms with Crippen molar-refractivity contribution < 1.29 is 0 Å². The summed E-state index contributed by atoms with van der Waals surface area (Å²) in [7, 11) is 2.15. The van der Waals surface area contributed by atoms with E-state index in [2.05, 4.69) is 7.85 Å². The summed E-state index contributed by atoms with van der Waals surface area (Å²) >= 11 is 11.7. The molecule has 3 atom stereocenters. The molecule has 1 rings (SSSR count). The third-order valence-corrected chi connectivity index (χ3v) is 3.14. The van der Waals surface area contributed by atoms with E-state index in [1.807, 2.05) is 0 Å². The molecule has 1 saturated carbocycles. The first-order valence-corrected chi connectivity index (χ1v) is 3.87. The molecule has 46 valence electrons. The molecule has 3 heteroatoms. The molecular weight excluding hydrogens is 142 g/mol. The van der Waals surface area contributed by atoms with E-state index in [0.29, 0.717) is 5.82 Å². The van der Waals surface area contributed by atoms with Crippen molar-refractivity contribution in [3.05, 3.63) is 0 Å². The Morgan fingerprint density at radius 2 is 1.88 bits per heavy atom. The first-order valence-electron chi connectivity index (χ1n) is 3.00. The van der Waals surface area contributed by atoms with Crippen molar-refractivity contribution in [3.8, 4) is 0 Å². The average molecular weight is 151 g/mol. The second-order valence-electron chi connectivity index (χ2n) is 2.52. The van der Waals surface area contributed by atoms with Gasteiger partial charge in [-0.15, -0.1) is 23.2 Å². The lowest BCUT2D eigenvalue weighted by molar-refractivity contribution is 0.883. The molecule has 0 heterocycles. The lowest BCUT2D eigenvalue weighted by Crippen LogP contribution is -2.09. The number of hydrogen-bond donors (Lipinski definition) is 0. The van der Waals surface area contributed by atoms with E-state index in [1.54, 1.807) is 0 Å². The van der Waals surface area contributed by atoms with Crippen molar-refractivity contribution in [3.63, 3.8) is 0 Å². The van der Waals surface area contributed by atoms with Crippen LogP contribution in [-0.2, 0) is 0 Å². The maximum atomic E-state index is 5.88. The van der Waals surface area contributed by atoms with Crippen LogP contribution in [0.1, 0.15) is 12.8 Å². The highest BCUT2D eigenvalue weighted by Gasteiger charge is 2.29. The smallest absolute Gasteiger partial charge is 0.107 e. The summed E-state index contributed by atoms with van der Waals surface area (Å²) in [6.45, 7) is 0. The van der Waals surface area contributed by atoms with Crippen LogP contribution in [0.4, 0.5) is 0 Å². The minimum Gasteiger partial charge on any atom is -0.122 e. The fourth-order valence-electron chi connectivity index (χ4n) is 1.10. The summed E-state index contributed by atoms with van der Waals surface area (Å²) in [6.07, 6.45) is 2.29. The zero-order valence-corrected chi connectivity index (χ0v) is 6.41. The molecule has 0 amide bonds. The fourth-order valence-corrected chi connectivity index (χ4v) is 1.72. The summed E-state index contributed by atoms with van der Waals surface area (Å²) < 4.78 is 0. The second-order valence-corrected chi connectivity index (χ2v) is 3.58. The molecule has 0 saturated heterocycles. The van der Waals surface area contributed by atoms with Crippen LogP contribution in [0.5, 0.6) is 0 Å². The van der Waals surface area contributed by atoms with Crippen LogP contribution >= 0.6 is 23.2 Å². The summed E-state index contributed by atoms with van der Waals surface area (Å²) in [4.78, 5) is 0. The zero-order valence-electron chi connectivity index (χ0n) is 4.90. The Kier molecular flexibility index (Phi) is 2.10. The number of hydrogen-bond acceptors (Lipinski definition) is 0. The highest BCUT2D eigenvalue weighted by atomic mass is 35.5. The predicted octanol–water partition coefficient (Wildman–Crippen LogP) is 1.42. The Hall–Kier alpha value is 0.645. The highest BCUT2D eigenvalue weighted by molar-refractivity contribution is 6.33. The summed E-state index contributed by atoms with van der Waals surface area (Å²) in [5.41, 5.74) is 0. The third kappa shape index (κ3) is 1.14. The molecule has 0 aromatic heterocycles. The topological polar surface area (TPSA) is 0 Å². The Bertz CT molecular complexity index is 76.5. The first kappa shape index (κ1) is 6.76. The third-order valence-electron chi connectivity index (χ3n) is 1.79. The van der Waals surface area contributed by atoms with Crippen molar-refractivity contribution >= 4 is 31.0 Å². The maximum Gasteiger partial charge on any atom is 0.107 e. The second kappa shape index (κ2) is 2.49. The Labute approximate surface area is 61.0 Å².